The van der Waals surface area contributed by atoms with Crippen molar-refractivity contribution in [2.45, 2.75) is 11.3 Å². The maximum atomic E-state index is 12.7. The SMILES string of the molecule is O=C(/C=C/c1ccsc1)N1CCN(S(=O)(=O)c2ccc(OC(F)(F)F)cc2)CC1. The summed E-state index contributed by atoms with van der Waals surface area (Å²) in [6.45, 7) is 0.644. The standard InChI is InChI=1S/C18H17F3N2O4S2/c19-18(20,21)27-15-2-4-16(5-3-15)29(25,26)23-10-8-22(9-11-23)17(24)6-1-14-7-12-28-13-14/h1-7,12-13H,8-11H2/b6-1+. The normalized spacial score (nSPS) is 16.3. The Morgan fingerprint density at radius 2 is 1.72 bits per heavy atom. The summed E-state index contributed by atoms with van der Waals surface area (Å²) in [6.07, 6.45) is -1.70. The number of amides is 1. The van der Waals surface area contributed by atoms with Crippen molar-refractivity contribution in [3.8, 4) is 5.75 Å². The van der Waals surface area contributed by atoms with Gasteiger partial charge in [0.05, 0.1) is 4.90 Å². The van der Waals surface area contributed by atoms with E-state index in [-0.39, 0.29) is 37.0 Å². The monoisotopic (exact) mass is 446 g/mol. The molecule has 1 fully saturated rings. The fourth-order valence-electron chi connectivity index (χ4n) is 2.75. The van der Waals surface area contributed by atoms with E-state index in [0.29, 0.717) is 0 Å². The molecule has 1 saturated heterocycles. The first-order valence-corrected chi connectivity index (χ1v) is 10.9. The lowest BCUT2D eigenvalue weighted by Gasteiger charge is -2.33. The minimum absolute atomic E-state index is 0.0984. The van der Waals surface area contributed by atoms with Crippen molar-refractivity contribution in [3.05, 3.63) is 52.7 Å². The second-order valence-corrected chi connectivity index (χ2v) is 8.86. The van der Waals surface area contributed by atoms with E-state index < -0.39 is 22.1 Å². The molecule has 0 saturated carbocycles. The molecule has 1 aliphatic heterocycles. The van der Waals surface area contributed by atoms with Crippen molar-refractivity contribution in [2.75, 3.05) is 26.2 Å². The van der Waals surface area contributed by atoms with Crippen LogP contribution in [0, 0.1) is 0 Å². The minimum Gasteiger partial charge on any atom is -0.406 e. The first kappa shape index (κ1) is 21.3. The van der Waals surface area contributed by atoms with Crippen LogP contribution >= 0.6 is 11.3 Å². The maximum absolute atomic E-state index is 12.7. The Bertz CT molecular complexity index is 964. The van der Waals surface area contributed by atoms with Gasteiger partial charge in [-0.2, -0.15) is 15.6 Å². The van der Waals surface area contributed by atoms with Crippen LogP contribution in [0.4, 0.5) is 13.2 Å². The molecule has 1 aliphatic rings. The first-order chi connectivity index (χ1) is 13.6. The second kappa shape index (κ2) is 8.56. The number of piperazine rings is 1. The summed E-state index contributed by atoms with van der Waals surface area (Å²) >= 11 is 1.52. The summed E-state index contributed by atoms with van der Waals surface area (Å²) in [5, 5.41) is 3.80. The van der Waals surface area contributed by atoms with Crippen LogP contribution in [0.15, 0.2) is 52.1 Å². The lowest BCUT2D eigenvalue weighted by molar-refractivity contribution is -0.274. The molecule has 11 heteroatoms. The molecule has 6 nitrogen and oxygen atoms in total. The van der Waals surface area contributed by atoms with Crippen LogP contribution in [0.25, 0.3) is 6.08 Å². The average molecular weight is 446 g/mol. The first-order valence-electron chi connectivity index (χ1n) is 8.50. The number of hydrogen-bond acceptors (Lipinski definition) is 5. The number of carbonyl (C=O) groups is 1. The number of ether oxygens (including phenoxy) is 1. The third-order valence-electron chi connectivity index (χ3n) is 4.21. The van der Waals surface area contributed by atoms with E-state index in [1.165, 1.54) is 21.7 Å². The van der Waals surface area contributed by atoms with Crippen LogP contribution in [0.2, 0.25) is 0 Å². The molecule has 1 aromatic carbocycles. The summed E-state index contributed by atoms with van der Waals surface area (Å²) in [5.74, 6) is -0.703. The van der Waals surface area contributed by atoms with E-state index >= 15 is 0 Å². The van der Waals surface area contributed by atoms with E-state index in [9.17, 15) is 26.4 Å². The quantitative estimate of drug-likeness (QED) is 0.662. The smallest absolute Gasteiger partial charge is 0.406 e. The van der Waals surface area contributed by atoms with E-state index in [2.05, 4.69) is 4.74 Å². The number of halogens is 3. The van der Waals surface area contributed by atoms with Crippen LogP contribution in [-0.4, -0.2) is 56.1 Å². The van der Waals surface area contributed by atoms with E-state index in [1.54, 1.807) is 11.0 Å². The zero-order chi connectivity index (χ0) is 21.1. The predicted molar refractivity (Wildman–Crippen MR) is 102 cm³/mol. The maximum Gasteiger partial charge on any atom is 0.573 e. The highest BCUT2D eigenvalue weighted by atomic mass is 32.2. The Morgan fingerprint density at radius 1 is 1.07 bits per heavy atom. The molecular weight excluding hydrogens is 429 g/mol. The topological polar surface area (TPSA) is 66.9 Å². The summed E-state index contributed by atoms with van der Waals surface area (Å²) in [6, 6.07) is 5.92. The summed E-state index contributed by atoms with van der Waals surface area (Å²) in [7, 11) is -3.88. The van der Waals surface area contributed by atoms with Crippen LogP contribution in [0.1, 0.15) is 5.56 Å². The largest absolute Gasteiger partial charge is 0.573 e. The predicted octanol–water partition coefficient (Wildman–Crippen LogP) is 3.19. The van der Waals surface area contributed by atoms with Crippen molar-refractivity contribution >= 4 is 33.3 Å². The summed E-state index contributed by atoms with van der Waals surface area (Å²) in [5.41, 5.74) is 0.919. The Kier molecular flexibility index (Phi) is 6.30. The van der Waals surface area contributed by atoms with Gasteiger partial charge < -0.3 is 9.64 Å². The number of benzene rings is 1. The molecule has 29 heavy (non-hydrogen) atoms. The Hall–Kier alpha value is -2.37. The third kappa shape index (κ3) is 5.58. The lowest BCUT2D eigenvalue weighted by atomic mass is 10.3. The van der Waals surface area contributed by atoms with Crippen molar-refractivity contribution in [1.29, 1.82) is 0 Å². The second-order valence-electron chi connectivity index (χ2n) is 6.14. The van der Waals surface area contributed by atoms with Crippen molar-refractivity contribution < 1.29 is 31.1 Å². The zero-order valence-electron chi connectivity index (χ0n) is 15.0. The van der Waals surface area contributed by atoms with Gasteiger partial charge in [-0.1, -0.05) is 0 Å². The number of sulfonamides is 1. The van der Waals surface area contributed by atoms with Crippen molar-refractivity contribution in [1.82, 2.24) is 9.21 Å². The summed E-state index contributed by atoms with van der Waals surface area (Å²) in [4.78, 5) is 13.7. The molecule has 0 N–H and O–H groups in total. The Labute approximate surface area is 169 Å². The lowest BCUT2D eigenvalue weighted by Crippen LogP contribution is -2.50. The number of thiophene rings is 1. The molecular formula is C18H17F3N2O4S2. The molecule has 0 unspecified atom stereocenters. The van der Waals surface area contributed by atoms with E-state index in [0.717, 1.165) is 29.8 Å². The van der Waals surface area contributed by atoms with Crippen molar-refractivity contribution in [3.63, 3.8) is 0 Å². The number of rotatable bonds is 5. The molecule has 1 amide bonds. The molecule has 156 valence electrons. The summed E-state index contributed by atoms with van der Waals surface area (Å²) < 4.78 is 67.0. The number of alkyl halides is 3. The van der Waals surface area contributed by atoms with Crippen LogP contribution in [-0.2, 0) is 14.8 Å². The van der Waals surface area contributed by atoms with Gasteiger partial charge in [0, 0.05) is 32.3 Å². The molecule has 0 spiro atoms. The van der Waals surface area contributed by atoms with Gasteiger partial charge in [0.1, 0.15) is 5.75 Å². The number of hydrogen-bond donors (Lipinski definition) is 0. The fraction of sp³-hybridized carbons (Fsp3) is 0.278. The van der Waals surface area contributed by atoms with Gasteiger partial charge in [-0.3, -0.25) is 4.79 Å². The number of carbonyl (C=O) groups excluding carboxylic acids is 1. The molecule has 3 rings (SSSR count). The molecule has 2 aromatic rings. The molecule has 0 aliphatic carbocycles. The highest BCUT2D eigenvalue weighted by Gasteiger charge is 2.32. The number of nitrogens with zero attached hydrogens (tertiary/aromatic N) is 2. The van der Waals surface area contributed by atoms with Gasteiger partial charge in [0.25, 0.3) is 0 Å². The van der Waals surface area contributed by atoms with Gasteiger partial charge in [0.15, 0.2) is 0 Å². The molecule has 0 atom stereocenters. The fourth-order valence-corrected chi connectivity index (χ4v) is 4.80. The minimum atomic E-state index is -4.85. The molecule has 1 aromatic heterocycles. The molecule has 0 radical (unpaired) electrons. The van der Waals surface area contributed by atoms with Gasteiger partial charge in [-0.15, -0.1) is 13.2 Å². The average Bonchev–Trinajstić information content (AvgIpc) is 3.19. The van der Waals surface area contributed by atoms with Crippen LogP contribution < -0.4 is 4.74 Å². The van der Waals surface area contributed by atoms with Gasteiger partial charge in [0.2, 0.25) is 15.9 Å². The highest BCUT2D eigenvalue weighted by Crippen LogP contribution is 2.25. The molecule has 0 bridgehead atoms. The van der Waals surface area contributed by atoms with E-state index in [4.69, 9.17) is 0 Å². The van der Waals surface area contributed by atoms with Gasteiger partial charge in [-0.25, -0.2) is 8.42 Å². The van der Waals surface area contributed by atoms with Gasteiger partial charge in [-0.05, 0) is 52.7 Å². The third-order valence-corrected chi connectivity index (χ3v) is 6.82. The van der Waals surface area contributed by atoms with E-state index in [1.807, 2.05) is 16.8 Å². The van der Waals surface area contributed by atoms with Crippen molar-refractivity contribution in [2.24, 2.45) is 0 Å². The van der Waals surface area contributed by atoms with Crippen LogP contribution in [0.3, 0.4) is 0 Å². The Morgan fingerprint density at radius 3 is 2.28 bits per heavy atom. The Balaban J connectivity index is 1.60. The zero-order valence-corrected chi connectivity index (χ0v) is 16.6. The van der Waals surface area contributed by atoms with Crippen LogP contribution in [0.5, 0.6) is 5.75 Å². The molecule has 2 heterocycles. The van der Waals surface area contributed by atoms with Gasteiger partial charge >= 0.3 is 6.36 Å². The highest BCUT2D eigenvalue weighted by molar-refractivity contribution is 7.89.